The van der Waals surface area contributed by atoms with Crippen LogP contribution in [0.15, 0.2) is 36.7 Å². The summed E-state index contributed by atoms with van der Waals surface area (Å²) in [6.45, 7) is 6.61. The molecule has 3 rings (SSSR count). The summed E-state index contributed by atoms with van der Waals surface area (Å²) in [4.78, 5) is 4.22. The van der Waals surface area contributed by atoms with Crippen molar-refractivity contribution in [3.63, 3.8) is 0 Å². The van der Waals surface area contributed by atoms with Gasteiger partial charge in [-0.2, -0.15) is 10.4 Å². The van der Waals surface area contributed by atoms with Gasteiger partial charge in [0.1, 0.15) is 11.8 Å². The molecule has 1 N–H and O–H groups in total. The number of benzene rings is 1. The van der Waals surface area contributed by atoms with Crippen molar-refractivity contribution < 1.29 is 5.11 Å². The number of hydrogen-bond acceptors (Lipinski definition) is 4. The fourth-order valence-electron chi connectivity index (χ4n) is 2.93. The van der Waals surface area contributed by atoms with Gasteiger partial charge in [0.05, 0.1) is 17.8 Å². The van der Waals surface area contributed by atoms with Crippen LogP contribution in [0.1, 0.15) is 28.1 Å². The SMILES string of the molecule is Cc1cncc(Cn2nc(C)c(-c3ccc(C#N)c(O)c3)c2C)c1. The Kier molecular flexibility index (Phi) is 4.05. The standard InChI is InChI=1S/C19H18N4O/c1-12-6-15(10-21-9-12)11-23-14(3)19(13(2)22-23)16-4-5-17(8-20)18(24)7-16/h4-7,9-10,24H,11H2,1-3H3. The third-order valence-electron chi connectivity index (χ3n) is 4.05. The molecule has 0 atom stereocenters. The van der Waals surface area contributed by atoms with Crippen LogP contribution in [-0.4, -0.2) is 19.9 Å². The molecule has 5 nitrogen and oxygen atoms in total. The van der Waals surface area contributed by atoms with E-state index in [1.165, 1.54) is 0 Å². The van der Waals surface area contributed by atoms with Gasteiger partial charge in [-0.3, -0.25) is 9.67 Å². The van der Waals surface area contributed by atoms with Crippen LogP contribution < -0.4 is 0 Å². The number of pyridine rings is 1. The van der Waals surface area contributed by atoms with E-state index in [2.05, 4.69) is 16.1 Å². The zero-order valence-electron chi connectivity index (χ0n) is 13.9. The molecule has 0 fully saturated rings. The summed E-state index contributed by atoms with van der Waals surface area (Å²) in [6, 6.07) is 9.15. The number of rotatable bonds is 3. The summed E-state index contributed by atoms with van der Waals surface area (Å²) in [5, 5.41) is 23.5. The molecule has 2 aromatic heterocycles. The Balaban J connectivity index is 2.01. The third-order valence-corrected chi connectivity index (χ3v) is 4.05. The maximum absolute atomic E-state index is 9.95. The smallest absolute Gasteiger partial charge is 0.133 e. The van der Waals surface area contributed by atoms with E-state index in [4.69, 9.17) is 5.26 Å². The van der Waals surface area contributed by atoms with E-state index in [0.717, 1.165) is 33.6 Å². The molecule has 3 aromatic rings. The number of phenols is 1. The Morgan fingerprint density at radius 3 is 2.62 bits per heavy atom. The Morgan fingerprint density at radius 2 is 1.96 bits per heavy atom. The summed E-state index contributed by atoms with van der Waals surface area (Å²) in [7, 11) is 0. The highest BCUT2D eigenvalue weighted by Gasteiger charge is 2.15. The van der Waals surface area contributed by atoms with Crippen molar-refractivity contribution in [2.45, 2.75) is 27.3 Å². The van der Waals surface area contributed by atoms with E-state index in [-0.39, 0.29) is 11.3 Å². The fraction of sp³-hybridized carbons (Fsp3) is 0.211. The lowest BCUT2D eigenvalue weighted by Gasteiger charge is -2.07. The fourth-order valence-corrected chi connectivity index (χ4v) is 2.93. The number of aryl methyl sites for hydroxylation is 2. The molecule has 1 aromatic carbocycles. The summed E-state index contributed by atoms with van der Waals surface area (Å²) in [5.74, 6) is -0.00978. The number of nitrogens with zero attached hydrogens (tertiary/aromatic N) is 4. The van der Waals surface area contributed by atoms with Crippen LogP contribution in [0.4, 0.5) is 0 Å². The zero-order valence-corrected chi connectivity index (χ0v) is 13.9. The normalized spacial score (nSPS) is 10.6. The van der Waals surface area contributed by atoms with E-state index in [1.54, 1.807) is 12.1 Å². The molecule has 0 bridgehead atoms. The third kappa shape index (κ3) is 2.86. The minimum atomic E-state index is -0.00978. The van der Waals surface area contributed by atoms with Crippen molar-refractivity contribution in [1.82, 2.24) is 14.8 Å². The van der Waals surface area contributed by atoms with Crippen LogP contribution in [0.3, 0.4) is 0 Å². The molecule has 0 aliphatic heterocycles. The van der Waals surface area contributed by atoms with Gasteiger partial charge in [0.25, 0.3) is 0 Å². The van der Waals surface area contributed by atoms with Crippen molar-refractivity contribution in [3.05, 3.63) is 64.7 Å². The van der Waals surface area contributed by atoms with Crippen molar-refractivity contribution in [2.75, 3.05) is 0 Å². The first-order valence-corrected chi connectivity index (χ1v) is 7.67. The lowest BCUT2D eigenvalue weighted by Crippen LogP contribution is -2.04. The number of hydrogen-bond donors (Lipinski definition) is 1. The summed E-state index contributed by atoms with van der Waals surface area (Å²) < 4.78 is 1.94. The van der Waals surface area contributed by atoms with Crippen LogP contribution in [0, 0.1) is 32.1 Å². The predicted molar refractivity (Wildman–Crippen MR) is 91.6 cm³/mol. The van der Waals surface area contributed by atoms with Crippen LogP contribution in [0.25, 0.3) is 11.1 Å². The minimum absolute atomic E-state index is 0.00978. The van der Waals surface area contributed by atoms with E-state index < -0.39 is 0 Å². The Bertz CT molecular complexity index is 950. The summed E-state index contributed by atoms with van der Waals surface area (Å²) >= 11 is 0. The second-order valence-corrected chi connectivity index (χ2v) is 5.92. The molecule has 2 heterocycles. The second-order valence-electron chi connectivity index (χ2n) is 5.92. The first-order chi connectivity index (χ1) is 11.5. The molecular formula is C19H18N4O. The van der Waals surface area contributed by atoms with Gasteiger partial charge >= 0.3 is 0 Å². The molecule has 0 aliphatic rings. The maximum Gasteiger partial charge on any atom is 0.133 e. The molecule has 0 aliphatic carbocycles. The van der Waals surface area contributed by atoms with Crippen LogP contribution in [-0.2, 0) is 6.54 Å². The number of nitriles is 1. The van der Waals surface area contributed by atoms with Crippen molar-refractivity contribution >= 4 is 0 Å². The molecule has 0 unspecified atom stereocenters. The van der Waals surface area contributed by atoms with Gasteiger partial charge in [-0.15, -0.1) is 0 Å². The van der Waals surface area contributed by atoms with Crippen molar-refractivity contribution in [3.8, 4) is 22.9 Å². The van der Waals surface area contributed by atoms with E-state index in [1.807, 2.05) is 50.0 Å². The van der Waals surface area contributed by atoms with E-state index >= 15 is 0 Å². The molecule has 0 radical (unpaired) electrons. The Morgan fingerprint density at radius 1 is 1.17 bits per heavy atom. The first-order valence-electron chi connectivity index (χ1n) is 7.67. The van der Waals surface area contributed by atoms with Crippen LogP contribution in [0.5, 0.6) is 5.75 Å². The highest BCUT2D eigenvalue weighted by molar-refractivity contribution is 5.71. The van der Waals surface area contributed by atoms with Gasteiger partial charge in [0.15, 0.2) is 0 Å². The molecule has 0 spiro atoms. The number of aromatic nitrogens is 3. The largest absolute Gasteiger partial charge is 0.507 e. The summed E-state index contributed by atoms with van der Waals surface area (Å²) in [5.41, 5.74) is 6.22. The van der Waals surface area contributed by atoms with Gasteiger partial charge in [-0.25, -0.2) is 0 Å². The lowest BCUT2D eigenvalue weighted by atomic mass is 10.0. The topological polar surface area (TPSA) is 74.7 Å². The molecule has 0 amide bonds. The average molecular weight is 318 g/mol. The quantitative estimate of drug-likeness (QED) is 0.802. The monoisotopic (exact) mass is 318 g/mol. The van der Waals surface area contributed by atoms with Gasteiger partial charge < -0.3 is 5.11 Å². The van der Waals surface area contributed by atoms with Gasteiger partial charge in [-0.05, 0) is 49.6 Å². The van der Waals surface area contributed by atoms with E-state index in [0.29, 0.717) is 6.54 Å². The Hall–Kier alpha value is -3.13. The van der Waals surface area contributed by atoms with Gasteiger partial charge in [-0.1, -0.05) is 12.1 Å². The highest BCUT2D eigenvalue weighted by Crippen LogP contribution is 2.31. The number of aromatic hydroxyl groups is 1. The van der Waals surface area contributed by atoms with E-state index in [9.17, 15) is 5.11 Å². The second kappa shape index (κ2) is 6.17. The lowest BCUT2D eigenvalue weighted by molar-refractivity contribution is 0.474. The first kappa shape index (κ1) is 15.8. The van der Waals surface area contributed by atoms with Crippen molar-refractivity contribution in [2.24, 2.45) is 0 Å². The molecule has 120 valence electrons. The number of phenolic OH excluding ortho intramolecular Hbond substituents is 1. The van der Waals surface area contributed by atoms with Crippen LogP contribution >= 0.6 is 0 Å². The Labute approximate surface area is 140 Å². The average Bonchev–Trinajstić information content (AvgIpc) is 2.81. The maximum atomic E-state index is 9.95. The highest BCUT2D eigenvalue weighted by atomic mass is 16.3. The van der Waals surface area contributed by atoms with Crippen molar-refractivity contribution in [1.29, 1.82) is 5.26 Å². The van der Waals surface area contributed by atoms with Gasteiger partial charge in [0.2, 0.25) is 0 Å². The predicted octanol–water partition coefficient (Wildman–Crippen LogP) is 3.50. The molecule has 24 heavy (non-hydrogen) atoms. The van der Waals surface area contributed by atoms with Gasteiger partial charge in [0, 0.05) is 23.7 Å². The molecule has 0 saturated heterocycles. The zero-order chi connectivity index (χ0) is 17.3. The summed E-state index contributed by atoms with van der Waals surface area (Å²) in [6.07, 6.45) is 3.67. The molecular weight excluding hydrogens is 300 g/mol. The minimum Gasteiger partial charge on any atom is -0.507 e. The molecule has 0 saturated carbocycles. The molecule has 5 heteroatoms. The van der Waals surface area contributed by atoms with Crippen LogP contribution in [0.2, 0.25) is 0 Å².